The second kappa shape index (κ2) is 7.26. The van der Waals surface area contributed by atoms with Crippen LogP contribution >= 0.6 is 0 Å². The van der Waals surface area contributed by atoms with E-state index >= 15 is 0 Å². The van der Waals surface area contributed by atoms with Gasteiger partial charge in [0.05, 0.1) is 0 Å². The van der Waals surface area contributed by atoms with Gasteiger partial charge in [0, 0.05) is 26.5 Å². The first kappa shape index (κ1) is 10.9. The highest BCUT2D eigenvalue weighted by Crippen LogP contribution is 2.00. The molecule has 0 aromatic carbocycles. The molecule has 0 saturated carbocycles. The van der Waals surface area contributed by atoms with Crippen LogP contribution in [0.2, 0.25) is 0 Å². The number of hydrogen-bond donors (Lipinski definition) is 1. The summed E-state index contributed by atoms with van der Waals surface area (Å²) in [6.45, 7) is 1.81. The van der Waals surface area contributed by atoms with Crippen molar-refractivity contribution in [2.75, 3.05) is 25.6 Å². The van der Waals surface area contributed by atoms with E-state index in [4.69, 9.17) is 4.74 Å². The van der Waals surface area contributed by atoms with Crippen molar-refractivity contribution in [3.8, 4) is 0 Å². The van der Waals surface area contributed by atoms with Gasteiger partial charge in [-0.15, -0.1) is 0 Å². The molecule has 1 N–H and O–H groups in total. The Kier molecular flexibility index (Phi) is 5.66. The van der Waals surface area contributed by atoms with E-state index in [1.54, 1.807) is 19.6 Å². The number of nitrogens with zero attached hydrogens (tertiary/aromatic N) is 2. The maximum Gasteiger partial charge on any atom is 0.129 e. The molecule has 0 atom stereocenters. The van der Waals surface area contributed by atoms with Crippen LogP contribution in [0.1, 0.15) is 19.3 Å². The number of aromatic nitrogens is 2. The highest BCUT2D eigenvalue weighted by Gasteiger charge is 1.91. The molecule has 1 heterocycles. The molecule has 0 aliphatic carbocycles. The number of hydrogen-bond acceptors (Lipinski definition) is 4. The molecule has 4 heteroatoms. The average molecular weight is 195 g/mol. The molecular formula is C10H17N3O. The predicted octanol–water partition coefficient (Wildman–Crippen LogP) is 1.71. The second-order valence-electron chi connectivity index (χ2n) is 3.07. The maximum atomic E-state index is 4.97. The van der Waals surface area contributed by atoms with Gasteiger partial charge in [-0.25, -0.2) is 9.97 Å². The summed E-state index contributed by atoms with van der Waals surface area (Å²) in [6.07, 6.45) is 6.74. The molecule has 0 amide bonds. The summed E-state index contributed by atoms with van der Waals surface area (Å²) in [5.74, 6) is 0.895. The Labute approximate surface area is 84.7 Å². The Morgan fingerprint density at radius 2 is 2.29 bits per heavy atom. The zero-order valence-electron chi connectivity index (χ0n) is 8.57. The minimum atomic E-state index is 0.855. The van der Waals surface area contributed by atoms with Crippen LogP contribution in [0.4, 0.5) is 5.82 Å². The largest absolute Gasteiger partial charge is 0.385 e. The lowest BCUT2D eigenvalue weighted by molar-refractivity contribution is 0.192. The normalized spacial score (nSPS) is 10.1. The van der Waals surface area contributed by atoms with Gasteiger partial charge in [-0.3, -0.25) is 0 Å². The molecule has 78 valence electrons. The van der Waals surface area contributed by atoms with E-state index in [9.17, 15) is 0 Å². The monoisotopic (exact) mass is 195 g/mol. The lowest BCUT2D eigenvalue weighted by atomic mass is 10.2. The molecule has 0 spiro atoms. The summed E-state index contributed by atoms with van der Waals surface area (Å²) in [6, 6.07) is 1.87. The summed E-state index contributed by atoms with van der Waals surface area (Å²) < 4.78 is 4.97. The molecule has 0 bridgehead atoms. The Balaban J connectivity index is 1.99. The van der Waals surface area contributed by atoms with Crippen molar-refractivity contribution >= 4 is 5.82 Å². The standard InChI is InChI=1S/C10H17N3O/c1-14-8-4-2-3-6-12-10-5-7-11-9-13-10/h5,7,9H,2-4,6,8H2,1H3,(H,11,12,13). The van der Waals surface area contributed by atoms with Crippen molar-refractivity contribution in [2.24, 2.45) is 0 Å². The van der Waals surface area contributed by atoms with Crippen LogP contribution in [-0.4, -0.2) is 30.2 Å². The number of rotatable bonds is 7. The van der Waals surface area contributed by atoms with E-state index in [1.165, 1.54) is 6.42 Å². The van der Waals surface area contributed by atoms with Crippen molar-refractivity contribution in [1.82, 2.24) is 9.97 Å². The Hall–Kier alpha value is -1.16. The van der Waals surface area contributed by atoms with Gasteiger partial charge in [0.25, 0.3) is 0 Å². The first-order valence-electron chi connectivity index (χ1n) is 4.92. The minimum absolute atomic E-state index is 0.855. The summed E-state index contributed by atoms with van der Waals surface area (Å²) in [5, 5.41) is 3.23. The highest BCUT2D eigenvalue weighted by molar-refractivity contribution is 5.30. The van der Waals surface area contributed by atoms with Gasteiger partial charge in [-0.2, -0.15) is 0 Å². The first-order chi connectivity index (χ1) is 6.93. The molecule has 0 aliphatic heterocycles. The van der Waals surface area contributed by atoms with Crippen molar-refractivity contribution < 1.29 is 4.74 Å². The predicted molar refractivity (Wildman–Crippen MR) is 56.2 cm³/mol. The van der Waals surface area contributed by atoms with Crippen LogP contribution in [0.15, 0.2) is 18.6 Å². The number of methoxy groups -OCH3 is 1. The SMILES string of the molecule is COCCCCCNc1ccncn1. The van der Waals surface area contributed by atoms with Crippen molar-refractivity contribution in [3.05, 3.63) is 18.6 Å². The van der Waals surface area contributed by atoms with Gasteiger partial charge >= 0.3 is 0 Å². The Morgan fingerprint density at radius 1 is 1.36 bits per heavy atom. The van der Waals surface area contributed by atoms with E-state index < -0.39 is 0 Å². The lowest BCUT2D eigenvalue weighted by Crippen LogP contribution is -2.03. The Morgan fingerprint density at radius 3 is 3.00 bits per heavy atom. The third kappa shape index (κ3) is 4.77. The van der Waals surface area contributed by atoms with Gasteiger partial charge in [0.1, 0.15) is 12.1 Å². The smallest absolute Gasteiger partial charge is 0.129 e. The van der Waals surface area contributed by atoms with Crippen molar-refractivity contribution in [3.63, 3.8) is 0 Å². The molecule has 0 saturated heterocycles. The first-order valence-corrected chi connectivity index (χ1v) is 4.92. The number of ether oxygens (including phenoxy) is 1. The van der Waals surface area contributed by atoms with Crippen molar-refractivity contribution in [2.45, 2.75) is 19.3 Å². The summed E-state index contributed by atoms with van der Waals surface area (Å²) in [4.78, 5) is 7.91. The fourth-order valence-corrected chi connectivity index (χ4v) is 1.16. The fourth-order valence-electron chi connectivity index (χ4n) is 1.16. The third-order valence-electron chi connectivity index (χ3n) is 1.91. The summed E-state index contributed by atoms with van der Waals surface area (Å²) in [7, 11) is 1.74. The zero-order chi connectivity index (χ0) is 10.1. The summed E-state index contributed by atoms with van der Waals surface area (Å²) >= 11 is 0. The quantitative estimate of drug-likeness (QED) is 0.673. The van der Waals surface area contributed by atoms with Gasteiger partial charge in [-0.05, 0) is 25.3 Å². The number of unbranched alkanes of at least 4 members (excludes halogenated alkanes) is 2. The third-order valence-corrected chi connectivity index (χ3v) is 1.91. The fraction of sp³-hybridized carbons (Fsp3) is 0.600. The molecule has 4 nitrogen and oxygen atoms in total. The van der Waals surface area contributed by atoms with Crippen LogP contribution in [0.5, 0.6) is 0 Å². The van der Waals surface area contributed by atoms with Crippen molar-refractivity contribution in [1.29, 1.82) is 0 Å². The zero-order valence-corrected chi connectivity index (χ0v) is 8.57. The lowest BCUT2D eigenvalue weighted by Gasteiger charge is -2.04. The summed E-state index contributed by atoms with van der Waals surface area (Å²) in [5.41, 5.74) is 0. The van der Waals surface area contributed by atoms with Crippen LogP contribution in [0.25, 0.3) is 0 Å². The number of anilines is 1. The molecule has 1 rings (SSSR count). The van der Waals surface area contributed by atoms with Crippen LogP contribution in [-0.2, 0) is 4.74 Å². The van der Waals surface area contributed by atoms with Gasteiger partial charge in [0.15, 0.2) is 0 Å². The minimum Gasteiger partial charge on any atom is -0.385 e. The second-order valence-corrected chi connectivity index (χ2v) is 3.07. The highest BCUT2D eigenvalue weighted by atomic mass is 16.5. The molecule has 0 aliphatic rings. The maximum absolute atomic E-state index is 4.97. The molecule has 1 aromatic rings. The molecule has 0 unspecified atom stereocenters. The van der Waals surface area contributed by atoms with E-state index in [1.807, 2.05) is 6.07 Å². The van der Waals surface area contributed by atoms with Gasteiger partial charge in [-0.1, -0.05) is 0 Å². The molecule has 0 radical (unpaired) electrons. The number of nitrogens with one attached hydrogen (secondary N) is 1. The van der Waals surface area contributed by atoms with Crippen LogP contribution in [0.3, 0.4) is 0 Å². The van der Waals surface area contributed by atoms with E-state index in [-0.39, 0.29) is 0 Å². The van der Waals surface area contributed by atoms with Gasteiger partial charge < -0.3 is 10.1 Å². The molecular weight excluding hydrogens is 178 g/mol. The topological polar surface area (TPSA) is 47.0 Å². The van der Waals surface area contributed by atoms with Crippen LogP contribution in [0, 0.1) is 0 Å². The van der Waals surface area contributed by atoms with E-state index in [0.717, 1.165) is 31.8 Å². The van der Waals surface area contributed by atoms with Gasteiger partial charge in [0.2, 0.25) is 0 Å². The molecule has 1 aromatic heterocycles. The van der Waals surface area contributed by atoms with E-state index in [0.29, 0.717) is 0 Å². The molecule has 14 heavy (non-hydrogen) atoms. The average Bonchev–Trinajstić information content (AvgIpc) is 2.25. The van der Waals surface area contributed by atoms with Crippen LogP contribution < -0.4 is 5.32 Å². The van der Waals surface area contributed by atoms with E-state index in [2.05, 4.69) is 15.3 Å². The molecule has 0 fully saturated rings. The Bertz CT molecular complexity index is 228.